The fourth-order valence-electron chi connectivity index (χ4n) is 3.35. The zero-order valence-corrected chi connectivity index (χ0v) is 16.0. The predicted octanol–water partition coefficient (Wildman–Crippen LogP) is 1.93. The minimum atomic E-state index is -0.0294. The number of nitrogens with one attached hydrogen (secondary N) is 1. The van der Waals surface area contributed by atoms with Crippen molar-refractivity contribution >= 4 is 28.6 Å². The van der Waals surface area contributed by atoms with Gasteiger partial charge in [-0.1, -0.05) is 19.1 Å². The van der Waals surface area contributed by atoms with Crippen molar-refractivity contribution in [2.24, 2.45) is 0 Å². The summed E-state index contributed by atoms with van der Waals surface area (Å²) in [6.45, 7) is 5.35. The van der Waals surface area contributed by atoms with Gasteiger partial charge in [-0.2, -0.15) is 4.98 Å². The topological polar surface area (TPSA) is 90.3 Å². The largest absolute Gasteiger partial charge is 0.394 e. The van der Waals surface area contributed by atoms with E-state index in [1.54, 1.807) is 12.4 Å². The van der Waals surface area contributed by atoms with Crippen LogP contribution in [0.1, 0.15) is 13.3 Å². The van der Waals surface area contributed by atoms with E-state index in [9.17, 15) is 5.11 Å². The molecule has 0 amide bonds. The first-order chi connectivity index (χ1) is 13.8. The minimum absolute atomic E-state index is 0.0294. The van der Waals surface area contributed by atoms with E-state index in [0.29, 0.717) is 5.95 Å². The van der Waals surface area contributed by atoms with Gasteiger partial charge in [-0.15, -0.1) is 0 Å². The summed E-state index contributed by atoms with van der Waals surface area (Å²) in [4.78, 5) is 22.6. The smallest absolute Gasteiger partial charge is 0.228 e. The van der Waals surface area contributed by atoms with Crippen molar-refractivity contribution < 1.29 is 5.11 Å². The number of fused-ring (bicyclic) bond motifs is 1. The van der Waals surface area contributed by atoms with E-state index < -0.39 is 0 Å². The third kappa shape index (κ3) is 3.82. The van der Waals surface area contributed by atoms with Gasteiger partial charge >= 0.3 is 0 Å². The number of rotatable bonds is 6. The molecule has 1 unspecified atom stereocenters. The molecule has 28 heavy (non-hydrogen) atoms. The second-order valence-corrected chi connectivity index (χ2v) is 6.84. The number of para-hydroxylation sites is 1. The Hall–Kier alpha value is -3.00. The molecule has 0 saturated carbocycles. The van der Waals surface area contributed by atoms with Gasteiger partial charge in [-0.3, -0.25) is 0 Å². The first-order valence-electron chi connectivity index (χ1n) is 9.69. The number of hydrogen-bond donors (Lipinski definition) is 2. The van der Waals surface area contributed by atoms with Crippen LogP contribution in [-0.2, 0) is 0 Å². The summed E-state index contributed by atoms with van der Waals surface area (Å²) >= 11 is 0. The molecule has 8 nitrogen and oxygen atoms in total. The van der Waals surface area contributed by atoms with E-state index in [-0.39, 0.29) is 12.6 Å². The molecule has 1 aromatic carbocycles. The molecule has 1 fully saturated rings. The van der Waals surface area contributed by atoms with Crippen molar-refractivity contribution in [3.8, 4) is 0 Å². The summed E-state index contributed by atoms with van der Waals surface area (Å²) < 4.78 is 0. The van der Waals surface area contributed by atoms with Crippen LogP contribution in [0.2, 0.25) is 0 Å². The normalized spacial score (nSPS) is 15.6. The first kappa shape index (κ1) is 18.4. The Morgan fingerprint density at radius 1 is 0.964 bits per heavy atom. The maximum Gasteiger partial charge on any atom is 0.228 e. The molecule has 3 aromatic rings. The van der Waals surface area contributed by atoms with Crippen molar-refractivity contribution in [1.29, 1.82) is 0 Å². The number of benzene rings is 1. The number of aliphatic hydroxyl groups is 1. The number of hydrogen-bond acceptors (Lipinski definition) is 8. The molecule has 2 N–H and O–H groups in total. The van der Waals surface area contributed by atoms with E-state index in [0.717, 1.165) is 55.3 Å². The number of piperazine rings is 1. The van der Waals surface area contributed by atoms with Crippen molar-refractivity contribution in [2.75, 3.05) is 47.9 Å². The van der Waals surface area contributed by atoms with Gasteiger partial charge < -0.3 is 20.2 Å². The number of nitrogens with zero attached hydrogens (tertiary/aromatic N) is 6. The number of aromatic nitrogens is 4. The molecular formula is C20H25N7O. The summed E-state index contributed by atoms with van der Waals surface area (Å²) in [6, 6.07) is 9.77. The molecular weight excluding hydrogens is 354 g/mol. The van der Waals surface area contributed by atoms with Gasteiger partial charge in [-0.25, -0.2) is 15.0 Å². The average Bonchev–Trinajstić information content (AvgIpc) is 2.78. The van der Waals surface area contributed by atoms with Crippen LogP contribution in [0.5, 0.6) is 0 Å². The van der Waals surface area contributed by atoms with Gasteiger partial charge in [0.25, 0.3) is 0 Å². The van der Waals surface area contributed by atoms with Crippen LogP contribution < -0.4 is 15.1 Å². The molecule has 1 saturated heterocycles. The summed E-state index contributed by atoms with van der Waals surface area (Å²) in [5, 5.41) is 13.9. The molecule has 0 spiro atoms. The van der Waals surface area contributed by atoms with Gasteiger partial charge in [0.15, 0.2) is 0 Å². The first-order valence-corrected chi connectivity index (χ1v) is 9.69. The second kappa shape index (κ2) is 8.35. The second-order valence-electron chi connectivity index (χ2n) is 6.84. The highest BCUT2D eigenvalue weighted by Crippen LogP contribution is 2.25. The lowest BCUT2D eigenvalue weighted by atomic mass is 10.2. The average molecular weight is 379 g/mol. The van der Waals surface area contributed by atoms with E-state index >= 15 is 0 Å². The predicted molar refractivity (Wildman–Crippen MR) is 111 cm³/mol. The molecule has 4 rings (SSSR count). The van der Waals surface area contributed by atoms with Gasteiger partial charge in [0.1, 0.15) is 5.82 Å². The van der Waals surface area contributed by atoms with Crippen LogP contribution in [0.4, 0.5) is 17.7 Å². The van der Waals surface area contributed by atoms with Crippen LogP contribution in [0.3, 0.4) is 0 Å². The number of anilines is 3. The third-order valence-electron chi connectivity index (χ3n) is 5.04. The summed E-state index contributed by atoms with van der Waals surface area (Å²) in [6.07, 6.45) is 4.36. The van der Waals surface area contributed by atoms with E-state index in [2.05, 4.69) is 25.1 Å². The van der Waals surface area contributed by atoms with Gasteiger partial charge in [0, 0.05) is 44.0 Å². The van der Waals surface area contributed by atoms with Crippen LogP contribution in [0.15, 0.2) is 42.7 Å². The standard InChI is InChI=1S/C20H25N7O/c1-2-15(14-28)23-18-16-6-3-4-7-17(16)24-20(25-18)27-12-10-26(11-13-27)19-21-8-5-9-22-19/h3-9,15,28H,2,10-14H2,1H3,(H,23,24,25). The summed E-state index contributed by atoms with van der Waals surface area (Å²) in [5.74, 6) is 2.25. The van der Waals surface area contributed by atoms with Gasteiger partial charge in [0.2, 0.25) is 11.9 Å². The highest BCUT2D eigenvalue weighted by molar-refractivity contribution is 5.90. The fraction of sp³-hybridized carbons (Fsp3) is 0.400. The Balaban J connectivity index is 1.57. The molecule has 2 aromatic heterocycles. The highest BCUT2D eigenvalue weighted by Gasteiger charge is 2.22. The Labute approximate surface area is 164 Å². The molecule has 1 aliphatic heterocycles. The molecule has 3 heterocycles. The Morgan fingerprint density at radius 3 is 2.32 bits per heavy atom. The zero-order valence-electron chi connectivity index (χ0n) is 16.0. The summed E-state index contributed by atoms with van der Waals surface area (Å²) in [7, 11) is 0. The lowest BCUT2D eigenvalue weighted by Crippen LogP contribution is -2.47. The monoisotopic (exact) mass is 379 g/mol. The Morgan fingerprint density at radius 2 is 1.64 bits per heavy atom. The Kier molecular flexibility index (Phi) is 5.48. The SMILES string of the molecule is CCC(CO)Nc1nc(N2CCN(c3ncccn3)CC2)nc2ccccc12. The van der Waals surface area contributed by atoms with Crippen LogP contribution in [-0.4, -0.2) is 63.9 Å². The highest BCUT2D eigenvalue weighted by atomic mass is 16.3. The fourth-order valence-corrected chi connectivity index (χ4v) is 3.35. The molecule has 0 aliphatic carbocycles. The maximum atomic E-state index is 9.58. The van der Waals surface area contributed by atoms with Crippen molar-refractivity contribution in [3.63, 3.8) is 0 Å². The molecule has 0 bridgehead atoms. The van der Waals surface area contributed by atoms with Crippen molar-refractivity contribution in [2.45, 2.75) is 19.4 Å². The van der Waals surface area contributed by atoms with E-state index in [4.69, 9.17) is 9.97 Å². The van der Waals surface area contributed by atoms with Gasteiger partial charge in [0.05, 0.1) is 18.2 Å². The van der Waals surface area contributed by atoms with E-state index in [1.807, 2.05) is 37.3 Å². The molecule has 1 atom stereocenters. The lowest BCUT2D eigenvalue weighted by molar-refractivity contribution is 0.271. The molecule has 146 valence electrons. The lowest BCUT2D eigenvalue weighted by Gasteiger charge is -2.35. The molecule has 1 aliphatic rings. The molecule has 8 heteroatoms. The zero-order chi connectivity index (χ0) is 19.3. The summed E-state index contributed by atoms with van der Waals surface area (Å²) in [5.41, 5.74) is 0.900. The molecule has 0 radical (unpaired) electrons. The van der Waals surface area contributed by atoms with Crippen molar-refractivity contribution in [1.82, 2.24) is 19.9 Å². The van der Waals surface area contributed by atoms with Gasteiger partial charge in [-0.05, 0) is 24.6 Å². The quantitative estimate of drug-likeness (QED) is 0.671. The van der Waals surface area contributed by atoms with E-state index in [1.165, 1.54) is 0 Å². The van der Waals surface area contributed by atoms with Crippen LogP contribution in [0, 0.1) is 0 Å². The van der Waals surface area contributed by atoms with Crippen molar-refractivity contribution in [3.05, 3.63) is 42.7 Å². The van der Waals surface area contributed by atoms with Crippen LogP contribution in [0.25, 0.3) is 10.9 Å². The maximum absolute atomic E-state index is 9.58. The minimum Gasteiger partial charge on any atom is -0.394 e. The third-order valence-corrected chi connectivity index (χ3v) is 5.04. The Bertz CT molecular complexity index is 909. The van der Waals surface area contributed by atoms with Crippen LogP contribution >= 0.6 is 0 Å². The number of aliphatic hydroxyl groups excluding tert-OH is 1.